The molecule has 1 aliphatic carbocycles. The minimum atomic E-state index is 0.238. The number of nitrogens with one attached hydrogen (secondary N) is 1. The Kier molecular flexibility index (Phi) is 4.14. The lowest BCUT2D eigenvalue weighted by molar-refractivity contribution is 0.0773. The van der Waals surface area contributed by atoms with Crippen molar-refractivity contribution in [3.05, 3.63) is 35.4 Å². The Labute approximate surface area is 139 Å². The molecule has 1 atom stereocenters. The molecular formula is C20H28N2O. The molecule has 3 heteroatoms. The second kappa shape index (κ2) is 6.27. The SMILES string of the molecule is O=C(c1ccc([C@H]2CCCNC2)cc1)N1CCC2(CCCC2)C1. The van der Waals surface area contributed by atoms with Crippen molar-refractivity contribution in [2.45, 2.75) is 50.9 Å². The highest BCUT2D eigenvalue weighted by Crippen LogP contribution is 2.45. The number of benzene rings is 1. The molecule has 124 valence electrons. The summed E-state index contributed by atoms with van der Waals surface area (Å²) in [7, 11) is 0. The maximum absolute atomic E-state index is 12.8. The first-order chi connectivity index (χ1) is 11.3. The quantitative estimate of drug-likeness (QED) is 0.905. The predicted octanol–water partition coefficient (Wildman–Crippen LogP) is 3.56. The molecule has 1 N–H and O–H groups in total. The van der Waals surface area contributed by atoms with E-state index in [2.05, 4.69) is 22.3 Å². The highest BCUT2D eigenvalue weighted by molar-refractivity contribution is 5.94. The van der Waals surface area contributed by atoms with Crippen LogP contribution in [0.1, 0.15) is 66.8 Å². The first kappa shape index (κ1) is 15.2. The van der Waals surface area contributed by atoms with E-state index in [1.54, 1.807) is 0 Å². The van der Waals surface area contributed by atoms with Gasteiger partial charge < -0.3 is 10.2 Å². The van der Waals surface area contributed by atoms with E-state index >= 15 is 0 Å². The second-order valence-electron chi connectivity index (χ2n) is 7.85. The van der Waals surface area contributed by atoms with Crippen molar-refractivity contribution in [2.24, 2.45) is 5.41 Å². The summed E-state index contributed by atoms with van der Waals surface area (Å²) >= 11 is 0. The largest absolute Gasteiger partial charge is 0.338 e. The van der Waals surface area contributed by atoms with E-state index in [9.17, 15) is 4.79 Å². The lowest BCUT2D eigenvalue weighted by Gasteiger charge is -2.24. The van der Waals surface area contributed by atoms with Crippen LogP contribution in [0.15, 0.2) is 24.3 Å². The summed E-state index contributed by atoms with van der Waals surface area (Å²) in [5.74, 6) is 0.851. The molecule has 3 aliphatic rings. The number of piperidine rings is 1. The van der Waals surface area contributed by atoms with Gasteiger partial charge in [0.2, 0.25) is 0 Å². The maximum Gasteiger partial charge on any atom is 0.253 e. The fourth-order valence-corrected chi connectivity index (χ4v) is 4.86. The summed E-state index contributed by atoms with van der Waals surface area (Å²) in [6, 6.07) is 8.44. The molecule has 2 saturated heterocycles. The number of carbonyl (C=O) groups is 1. The molecule has 4 rings (SSSR count). The summed E-state index contributed by atoms with van der Waals surface area (Å²) in [5, 5.41) is 3.47. The van der Waals surface area contributed by atoms with Crippen molar-refractivity contribution in [2.75, 3.05) is 26.2 Å². The van der Waals surface area contributed by atoms with E-state index in [0.29, 0.717) is 11.3 Å². The lowest BCUT2D eigenvalue weighted by atomic mass is 9.86. The number of likely N-dealkylation sites (tertiary alicyclic amines) is 1. The van der Waals surface area contributed by atoms with Gasteiger partial charge in [0.25, 0.3) is 5.91 Å². The molecule has 0 unspecified atom stereocenters. The van der Waals surface area contributed by atoms with Crippen LogP contribution in [0, 0.1) is 5.41 Å². The second-order valence-corrected chi connectivity index (χ2v) is 7.85. The molecule has 1 saturated carbocycles. The van der Waals surface area contributed by atoms with Crippen LogP contribution in [0.5, 0.6) is 0 Å². The Hall–Kier alpha value is -1.35. The number of carbonyl (C=O) groups excluding carboxylic acids is 1. The fraction of sp³-hybridized carbons (Fsp3) is 0.650. The van der Waals surface area contributed by atoms with E-state index in [4.69, 9.17) is 0 Å². The van der Waals surface area contributed by atoms with Gasteiger partial charge in [-0.25, -0.2) is 0 Å². The molecule has 0 aromatic heterocycles. The third kappa shape index (κ3) is 3.03. The topological polar surface area (TPSA) is 32.3 Å². The van der Waals surface area contributed by atoms with Gasteiger partial charge in [-0.1, -0.05) is 25.0 Å². The van der Waals surface area contributed by atoms with Gasteiger partial charge in [-0.15, -0.1) is 0 Å². The standard InChI is InChI=1S/C20H28N2O/c23-19(22-13-11-20(15-22)9-1-2-10-20)17-7-5-16(6-8-17)18-4-3-12-21-14-18/h5-8,18,21H,1-4,9-15H2/t18-/m0/s1. The van der Waals surface area contributed by atoms with Gasteiger partial charge in [0, 0.05) is 25.2 Å². The van der Waals surface area contributed by atoms with Crippen LogP contribution in [-0.4, -0.2) is 37.0 Å². The zero-order valence-corrected chi connectivity index (χ0v) is 14.0. The fourth-order valence-electron chi connectivity index (χ4n) is 4.86. The van der Waals surface area contributed by atoms with Crippen LogP contribution in [0.4, 0.5) is 0 Å². The van der Waals surface area contributed by atoms with Gasteiger partial charge >= 0.3 is 0 Å². The third-order valence-electron chi connectivity index (χ3n) is 6.32. The molecule has 2 heterocycles. The zero-order valence-electron chi connectivity index (χ0n) is 14.0. The van der Waals surface area contributed by atoms with Crippen molar-refractivity contribution < 1.29 is 4.79 Å². The zero-order chi connectivity index (χ0) is 15.7. The van der Waals surface area contributed by atoms with E-state index in [-0.39, 0.29) is 5.91 Å². The number of nitrogens with zero attached hydrogens (tertiary/aromatic N) is 1. The Morgan fingerprint density at radius 1 is 1.09 bits per heavy atom. The van der Waals surface area contributed by atoms with Crippen LogP contribution in [-0.2, 0) is 0 Å². The summed E-state index contributed by atoms with van der Waals surface area (Å²) in [5.41, 5.74) is 2.71. The van der Waals surface area contributed by atoms with Crippen LogP contribution in [0.3, 0.4) is 0 Å². The van der Waals surface area contributed by atoms with E-state index in [1.165, 1.54) is 50.5 Å². The normalized spacial score (nSPS) is 26.8. The van der Waals surface area contributed by atoms with Crippen molar-refractivity contribution in [3.8, 4) is 0 Å². The highest BCUT2D eigenvalue weighted by atomic mass is 16.2. The molecule has 3 nitrogen and oxygen atoms in total. The Bertz CT molecular complexity index is 554. The number of hydrogen-bond acceptors (Lipinski definition) is 2. The van der Waals surface area contributed by atoms with Crippen molar-refractivity contribution in [1.29, 1.82) is 0 Å². The van der Waals surface area contributed by atoms with Gasteiger partial charge in [-0.05, 0) is 67.7 Å². The van der Waals surface area contributed by atoms with Crippen LogP contribution in [0.2, 0.25) is 0 Å². The van der Waals surface area contributed by atoms with Crippen LogP contribution < -0.4 is 5.32 Å². The molecule has 1 spiro atoms. The van der Waals surface area contributed by atoms with Crippen molar-refractivity contribution in [1.82, 2.24) is 10.2 Å². The smallest absolute Gasteiger partial charge is 0.253 e. The van der Waals surface area contributed by atoms with Crippen LogP contribution >= 0.6 is 0 Å². The molecule has 2 aliphatic heterocycles. The highest BCUT2D eigenvalue weighted by Gasteiger charge is 2.41. The van der Waals surface area contributed by atoms with Crippen molar-refractivity contribution >= 4 is 5.91 Å². The van der Waals surface area contributed by atoms with Gasteiger partial charge in [-0.2, -0.15) is 0 Å². The van der Waals surface area contributed by atoms with Gasteiger partial charge in [0.05, 0.1) is 0 Å². The molecule has 1 aromatic rings. The number of hydrogen-bond donors (Lipinski definition) is 1. The van der Waals surface area contributed by atoms with Gasteiger partial charge in [0.1, 0.15) is 0 Å². The molecule has 1 amide bonds. The van der Waals surface area contributed by atoms with E-state index in [1.807, 2.05) is 12.1 Å². The first-order valence-electron chi connectivity index (χ1n) is 9.36. The third-order valence-corrected chi connectivity index (χ3v) is 6.32. The van der Waals surface area contributed by atoms with E-state index in [0.717, 1.165) is 31.7 Å². The molecule has 23 heavy (non-hydrogen) atoms. The average molecular weight is 312 g/mol. The predicted molar refractivity (Wildman–Crippen MR) is 92.7 cm³/mol. The summed E-state index contributed by atoms with van der Waals surface area (Å²) in [4.78, 5) is 14.9. The minimum absolute atomic E-state index is 0.238. The first-order valence-corrected chi connectivity index (χ1v) is 9.36. The van der Waals surface area contributed by atoms with Gasteiger partial charge in [0.15, 0.2) is 0 Å². The summed E-state index contributed by atoms with van der Waals surface area (Å²) in [6.45, 7) is 4.15. The minimum Gasteiger partial charge on any atom is -0.338 e. The Balaban J connectivity index is 1.42. The lowest BCUT2D eigenvalue weighted by Crippen LogP contribution is -2.31. The van der Waals surface area contributed by atoms with Gasteiger partial charge in [-0.3, -0.25) is 4.79 Å². The number of amides is 1. The monoisotopic (exact) mass is 312 g/mol. The Morgan fingerprint density at radius 3 is 2.57 bits per heavy atom. The molecule has 1 aromatic carbocycles. The Morgan fingerprint density at radius 2 is 1.87 bits per heavy atom. The molecule has 0 radical (unpaired) electrons. The molecule has 0 bridgehead atoms. The number of rotatable bonds is 2. The summed E-state index contributed by atoms with van der Waals surface area (Å²) < 4.78 is 0. The van der Waals surface area contributed by atoms with E-state index < -0.39 is 0 Å². The molecule has 3 fully saturated rings. The summed E-state index contributed by atoms with van der Waals surface area (Å²) in [6.07, 6.45) is 9.08. The molecular weight excluding hydrogens is 284 g/mol. The maximum atomic E-state index is 12.8. The average Bonchev–Trinajstić information content (AvgIpc) is 3.25. The van der Waals surface area contributed by atoms with Crippen molar-refractivity contribution in [3.63, 3.8) is 0 Å². The van der Waals surface area contributed by atoms with Crippen LogP contribution in [0.25, 0.3) is 0 Å².